The monoisotopic (exact) mass is 595 g/mol. The second-order valence-corrected chi connectivity index (χ2v) is 7.47. The lowest BCUT2D eigenvalue weighted by atomic mass is 10.6. The summed E-state index contributed by atoms with van der Waals surface area (Å²) in [5, 5.41) is 33.9. The number of nitrogens with one attached hydrogen (secondary N) is 3. The molecule has 2 rings (SSSR count). The molecule has 0 radical (unpaired) electrons. The zero-order valence-electron chi connectivity index (χ0n) is 23.0. The van der Waals surface area contributed by atoms with Crippen LogP contribution in [0.5, 0.6) is 0 Å². The zero-order valence-corrected chi connectivity index (χ0v) is 23.0. The lowest BCUT2D eigenvalue weighted by molar-refractivity contribution is 0.698. The van der Waals surface area contributed by atoms with Crippen LogP contribution in [0.4, 0.5) is 35.7 Å². The van der Waals surface area contributed by atoms with Crippen molar-refractivity contribution in [2.24, 2.45) is 33.7 Å². The minimum absolute atomic E-state index is 0.0219. The van der Waals surface area contributed by atoms with Crippen molar-refractivity contribution < 1.29 is 0 Å². The van der Waals surface area contributed by atoms with E-state index in [1.54, 1.807) is 12.4 Å². The molecule has 0 aromatic carbocycles. The molecular weight excluding hydrogens is 564 g/mol. The number of nitrogens with two attached hydrogens (primary N) is 5. The van der Waals surface area contributed by atoms with E-state index in [2.05, 4.69) is 51.5 Å². The van der Waals surface area contributed by atoms with E-state index in [-0.39, 0.29) is 75.7 Å². The van der Waals surface area contributed by atoms with Crippen molar-refractivity contribution >= 4 is 54.7 Å². The van der Waals surface area contributed by atoms with Crippen LogP contribution in [0.1, 0.15) is 0 Å². The fraction of sp³-hybridized carbons (Fsp3) is 0.368. The minimum atomic E-state index is -0.312. The molecule has 2 aromatic rings. The first kappa shape index (κ1) is 33.1. The van der Waals surface area contributed by atoms with Crippen LogP contribution in [-0.2, 0) is 0 Å². The molecule has 226 valence electrons. The van der Waals surface area contributed by atoms with Gasteiger partial charge in [0.05, 0.1) is 33.3 Å². The summed E-state index contributed by atoms with van der Waals surface area (Å²) in [4.78, 5) is 39.9. The van der Waals surface area contributed by atoms with Crippen LogP contribution in [0.15, 0.2) is 4.99 Å². The summed E-state index contributed by atoms with van der Waals surface area (Å²) in [6, 6.07) is 0. The lowest BCUT2D eigenvalue weighted by Gasteiger charge is -2.25. The summed E-state index contributed by atoms with van der Waals surface area (Å²) < 4.78 is 0. The highest BCUT2D eigenvalue weighted by molar-refractivity contribution is 5.84. The van der Waals surface area contributed by atoms with Crippen molar-refractivity contribution in [3.63, 3.8) is 0 Å². The van der Waals surface area contributed by atoms with Gasteiger partial charge in [-0.1, -0.05) is 9.85 Å². The van der Waals surface area contributed by atoms with Crippen LogP contribution in [0, 0.1) is 39.9 Å². The van der Waals surface area contributed by atoms with E-state index in [0.29, 0.717) is 11.2 Å². The molecule has 24 heteroatoms. The van der Waals surface area contributed by atoms with E-state index >= 15 is 0 Å². The third kappa shape index (κ3) is 8.44. The Labute approximate surface area is 245 Å². The van der Waals surface area contributed by atoms with Crippen molar-refractivity contribution in [1.82, 2.24) is 35.3 Å². The van der Waals surface area contributed by atoms with Crippen molar-refractivity contribution in [3.8, 4) is 18.6 Å². The molecule has 0 atom stereocenters. The van der Waals surface area contributed by atoms with Gasteiger partial charge in [-0.25, -0.2) is 9.80 Å². The summed E-state index contributed by atoms with van der Waals surface area (Å²) >= 11 is 0. The zero-order chi connectivity index (χ0) is 31.8. The van der Waals surface area contributed by atoms with Gasteiger partial charge >= 0.3 is 12.1 Å². The first-order valence-corrected chi connectivity index (χ1v) is 11.9. The van der Waals surface area contributed by atoms with E-state index in [9.17, 15) is 10.5 Å². The number of anilines is 6. The largest absolute Gasteiger partial charge is 0.422 e. The van der Waals surface area contributed by atoms with Gasteiger partial charge in [-0.05, 0) is 0 Å². The normalized spacial score (nSPS) is 10.0. The molecule has 0 aliphatic rings. The number of aromatic nitrogens is 6. The van der Waals surface area contributed by atoms with Gasteiger partial charge in [0, 0.05) is 7.05 Å². The molecule has 0 spiro atoms. The number of nitriles is 2. The van der Waals surface area contributed by atoms with Crippen LogP contribution in [-0.4, -0.2) is 96.0 Å². The van der Waals surface area contributed by atoms with Gasteiger partial charge in [0.1, 0.15) is 19.3 Å². The van der Waals surface area contributed by atoms with Gasteiger partial charge in [-0.2, -0.15) is 40.4 Å². The van der Waals surface area contributed by atoms with Crippen molar-refractivity contribution in [1.29, 1.82) is 21.3 Å². The maximum absolute atomic E-state index is 9.43. The second-order valence-electron chi connectivity index (χ2n) is 7.47. The number of hydrogen-bond acceptors (Lipinski definition) is 20. The Morgan fingerprint density at radius 3 is 1.49 bits per heavy atom. The molecule has 0 saturated carbocycles. The molecule has 43 heavy (non-hydrogen) atoms. The number of aliphatic imine (C=N–C) groups is 1. The third-order valence-electron chi connectivity index (χ3n) is 5.00. The molecule has 0 bridgehead atoms. The molecule has 0 fully saturated rings. The second kappa shape index (κ2) is 16.9. The standard InChI is InChI=1S/C19H31N24/c1-29-11-41(8-26)17-33-16(40(6-24)7-25)36-19(37-17)43(10-28)13-31-30-12-42(9-27)18-34-14(38(2-20)3-21)32-15(35-18)39(4-22)5-23/h6,10-11,24,28,30H,2-5,9,12,20-23,27H2,1H3/q+1. The van der Waals surface area contributed by atoms with Gasteiger partial charge in [-0.15, -0.1) is 5.43 Å². The van der Waals surface area contributed by atoms with Crippen LogP contribution >= 0.6 is 0 Å². The molecular formula is C19H31N24+. The summed E-state index contributed by atoms with van der Waals surface area (Å²) in [6.07, 6.45) is 8.52. The topological polar surface area (TPSA) is 351 Å². The first-order chi connectivity index (χ1) is 20.9. The summed E-state index contributed by atoms with van der Waals surface area (Å²) in [7, 11) is 1.42. The Morgan fingerprint density at radius 2 is 1.09 bits per heavy atom. The predicted molar refractivity (Wildman–Crippen MR) is 158 cm³/mol. The van der Waals surface area contributed by atoms with Gasteiger partial charge in [0.25, 0.3) is 11.9 Å². The highest BCUT2D eigenvalue weighted by Crippen LogP contribution is 2.18. The molecule has 0 amide bonds. The fourth-order valence-electron chi connectivity index (χ4n) is 2.84. The minimum Gasteiger partial charge on any atom is -0.316 e. The van der Waals surface area contributed by atoms with Gasteiger partial charge in [0.15, 0.2) is 18.7 Å². The van der Waals surface area contributed by atoms with E-state index in [1.165, 1.54) is 21.7 Å². The molecule has 0 aliphatic carbocycles. The predicted octanol–water partition coefficient (Wildman–Crippen LogP) is -4.24. The van der Waals surface area contributed by atoms with E-state index < -0.39 is 0 Å². The smallest absolute Gasteiger partial charge is 0.316 e. The fourth-order valence-corrected chi connectivity index (χ4v) is 2.84. The van der Waals surface area contributed by atoms with Crippen LogP contribution < -0.4 is 63.5 Å². The van der Waals surface area contributed by atoms with Crippen molar-refractivity contribution in [2.75, 3.05) is 76.5 Å². The highest BCUT2D eigenvalue weighted by Gasteiger charge is 2.23. The van der Waals surface area contributed by atoms with Crippen LogP contribution in [0.3, 0.4) is 0 Å². The molecule has 2 heterocycles. The Balaban J connectivity index is 2.40. The quantitative estimate of drug-likeness (QED) is 0.0227. The Kier molecular flexibility index (Phi) is 13.0. The Morgan fingerprint density at radius 1 is 0.698 bits per heavy atom. The SMILES string of the molecule is CN=CN(C#N)c1nc(N(C#N)C=N)nc(N(C#[N+]NCN(CN)c2nc(N(CN)CN)nc(N(CN)CN)n2)C=N)n1. The maximum atomic E-state index is 9.43. The molecule has 13 N–H and O–H groups in total. The maximum Gasteiger partial charge on any atom is 0.422 e. The first-order valence-electron chi connectivity index (χ1n) is 11.9. The molecule has 0 unspecified atom stereocenters. The lowest BCUT2D eigenvalue weighted by Crippen LogP contribution is -2.41. The average Bonchev–Trinajstić information content (AvgIpc) is 3.03. The summed E-state index contributed by atoms with van der Waals surface area (Å²) in [6.45, 7) is -0.0508. The highest BCUT2D eigenvalue weighted by atomic mass is 15.5. The van der Waals surface area contributed by atoms with Crippen LogP contribution in [0.2, 0.25) is 0 Å². The molecule has 0 aliphatic heterocycles. The van der Waals surface area contributed by atoms with Gasteiger partial charge in [0.2, 0.25) is 17.8 Å². The molecule has 2 aromatic heterocycles. The van der Waals surface area contributed by atoms with E-state index in [4.69, 9.17) is 39.5 Å². The van der Waals surface area contributed by atoms with Gasteiger partial charge in [-0.3, -0.25) is 15.8 Å². The Bertz CT molecular complexity index is 1360. The third-order valence-corrected chi connectivity index (χ3v) is 5.00. The number of hydrogen-bond donors (Lipinski definition) is 8. The molecule has 24 nitrogen and oxygen atoms in total. The number of rotatable bonds is 16. The van der Waals surface area contributed by atoms with Crippen molar-refractivity contribution in [2.45, 2.75) is 0 Å². The summed E-state index contributed by atoms with van der Waals surface area (Å²) in [5.41, 5.74) is 31.7. The molecule has 0 saturated heterocycles. The summed E-state index contributed by atoms with van der Waals surface area (Å²) in [5.74, 6) is -0.372. The average molecular weight is 596 g/mol. The number of nitrogens with zero attached hydrogens (tertiary/aromatic N) is 16. The van der Waals surface area contributed by atoms with E-state index in [1.807, 2.05) is 0 Å². The van der Waals surface area contributed by atoms with Crippen LogP contribution in [0.25, 0.3) is 4.95 Å². The Hall–Kier alpha value is -6.10. The van der Waals surface area contributed by atoms with Gasteiger partial charge < -0.3 is 43.4 Å². The van der Waals surface area contributed by atoms with E-state index in [0.717, 1.165) is 22.5 Å². The van der Waals surface area contributed by atoms with Crippen molar-refractivity contribution in [3.05, 3.63) is 4.95 Å².